The van der Waals surface area contributed by atoms with Crippen LogP contribution in [0.4, 0.5) is 13.2 Å². The summed E-state index contributed by atoms with van der Waals surface area (Å²) in [4.78, 5) is 8.25. The molecule has 144 valence electrons. The van der Waals surface area contributed by atoms with E-state index in [1.54, 1.807) is 13.8 Å². The van der Waals surface area contributed by atoms with Gasteiger partial charge in [0.1, 0.15) is 10.6 Å². The van der Waals surface area contributed by atoms with Crippen molar-refractivity contribution in [1.82, 2.24) is 0 Å². The Morgan fingerprint density at radius 2 is 1.88 bits per heavy atom. The van der Waals surface area contributed by atoms with E-state index in [0.29, 0.717) is 6.07 Å². The van der Waals surface area contributed by atoms with Gasteiger partial charge in [-0.2, -0.15) is 21.6 Å². The molecule has 0 fully saturated rings. The van der Waals surface area contributed by atoms with Crippen molar-refractivity contribution >= 4 is 17.7 Å². The van der Waals surface area contributed by atoms with E-state index in [2.05, 4.69) is 13.4 Å². The number of rotatable bonds is 8. The monoisotopic (exact) mass is 406 g/mol. The summed E-state index contributed by atoms with van der Waals surface area (Å²) >= 11 is 0. The van der Waals surface area contributed by atoms with Gasteiger partial charge in [-0.3, -0.25) is 8.75 Å². The van der Waals surface area contributed by atoms with E-state index in [1.807, 2.05) is 0 Å². The molecule has 1 atom stereocenters. The zero-order valence-corrected chi connectivity index (χ0v) is 15.3. The molecule has 0 aromatic heterocycles. The van der Waals surface area contributed by atoms with Crippen molar-refractivity contribution < 1.29 is 44.5 Å². The minimum absolute atomic E-state index is 0.122. The van der Waals surface area contributed by atoms with Crippen LogP contribution in [-0.4, -0.2) is 33.4 Å². The highest BCUT2D eigenvalue weighted by molar-refractivity contribution is 7.87. The minimum Gasteiger partial charge on any atom is -0.495 e. The molecule has 0 saturated carbocycles. The molecular weight excluding hydrogens is 388 g/mol. The fourth-order valence-electron chi connectivity index (χ4n) is 1.66. The first-order chi connectivity index (χ1) is 11.3. The summed E-state index contributed by atoms with van der Waals surface area (Å²) in [6.07, 6.45) is -6.32. The average Bonchev–Trinajstić information content (AvgIpc) is 2.50. The van der Waals surface area contributed by atoms with E-state index < -0.39 is 46.4 Å². The fraction of sp³-hybridized carbons (Fsp3) is 0.538. The Labute approximate surface area is 143 Å². The molecular formula is C13H18F3O7PS. The van der Waals surface area contributed by atoms with Crippen LogP contribution >= 0.6 is 7.60 Å². The van der Waals surface area contributed by atoms with Crippen molar-refractivity contribution in [2.45, 2.75) is 24.9 Å². The van der Waals surface area contributed by atoms with E-state index >= 15 is 0 Å². The predicted molar refractivity (Wildman–Crippen MR) is 81.7 cm³/mol. The number of hydrogen-bond donors (Lipinski definition) is 1. The van der Waals surface area contributed by atoms with E-state index in [4.69, 9.17) is 0 Å². The predicted octanol–water partition coefficient (Wildman–Crippen LogP) is 3.23. The second-order valence-electron chi connectivity index (χ2n) is 5.36. The minimum atomic E-state index is -5.05. The van der Waals surface area contributed by atoms with Crippen molar-refractivity contribution in [3.8, 4) is 5.75 Å². The van der Waals surface area contributed by atoms with Crippen LogP contribution in [0.5, 0.6) is 5.75 Å². The zero-order chi connectivity index (χ0) is 19.5. The molecule has 1 unspecified atom stereocenters. The summed E-state index contributed by atoms with van der Waals surface area (Å²) in [6, 6.07) is 2.50. The SMILES string of the molecule is COc1cccc(C(F)(F)F)c1S(=O)(=O)OCP(=O)(O)OCC(C)C. The zero-order valence-electron chi connectivity index (χ0n) is 13.6. The second kappa shape index (κ2) is 8.05. The van der Waals surface area contributed by atoms with Gasteiger partial charge in [0.2, 0.25) is 0 Å². The fourth-order valence-corrected chi connectivity index (χ4v) is 4.32. The van der Waals surface area contributed by atoms with Crippen molar-refractivity contribution in [1.29, 1.82) is 0 Å². The highest BCUT2D eigenvalue weighted by Crippen LogP contribution is 2.45. The first kappa shape index (κ1) is 21.9. The number of ether oxygens (including phenoxy) is 1. The molecule has 12 heteroatoms. The number of methoxy groups -OCH3 is 1. The van der Waals surface area contributed by atoms with Crippen LogP contribution in [0.1, 0.15) is 19.4 Å². The second-order valence-corrected chi connectivity index (χ2v) is 8.71. The Morgan fingerprint density at radius 1 is 1.28 bits per heavy atom. The largest absolute Gasteiger partial charge is 0.495 e. The molecule has 0 amide bonds. The Morgan fingerprint density at radius 3 is 2.36 bits per heavy atom. The van der Waals surface area contributed by atoms with Gasteiger partial charge in [0, 0.05) is 0 Å². The van der Waals surface area contributed by atoms with Crippen LogP contribution in [0.3, 0.4) is 0 Å². The molecule has 0 bridgehead atoms. The molecule has 0 aliphatic heterocycles. The van der Waals surface area contributed by atoms with Gasteiger partial charge in [-0.15, -0.1) is 0 Å². The maximum absolute atomic E-state index is 13.1. The van der Waals surface area contributed by atoms with Gasteiger partial charge in [0.15, 0.2) is 6.35 Å². The van der Waals surface area contributed by atoms with Gasteiger partial charge in [0.05, 0.1) is 19.3 Å². The number of hydrogen-bond acceptors (Lipinski definition) is 6. The maximum Gasteiger partial charge on any atom is 0.417 e. The van der Waals surface area contributed by atoms with Gasteiger partial charge < -0.3 is 14.2 Å². The molecule has 0 radical (unpaired) electrons. The molecule has 25 heavy (non-hydrogen) atoms. The van der Waals surface area contributed by atoms with Crippen molar-refractivity contribution in [2.24, 2.45) is 5.92 Å². The van der Waals surface area contributed by atoms with Crippen LogP contribution in [-0.2, 0) is 29.6 Å². The normalized spacial score (nSPS) is 15.2. The molecule has 0 aliphatic rings. The third-order valence-electron chi connectivity index (χ3n) is 2.73. The molecule has 0 heterocycles. The third kappa shape index (κ3) is 6.27. The summed E-state index contributed by atoms with van der Waals surface area (Å²) in [5, 5.41) is 0. The lowest BCUT2D eigenvalue weighted by atomic mass is 10.2. The van der Waals surface area contributed by atoms with E-state index in [9.17, 15) is 31.0 Å². The molecule has 1 aromatic carbocycles. The topological polar surface area (TPSA) is 99.1 Å². The summed E-state index contributed by atoms with van der Waals surface area (Å²) in [5.74, 6) is -0.728. The van der Waals surface area contributed by atoms with Crippen LogP contribution < -0.4 is 4.74 Å². The number of benzene rings is 1. The molecule has 1 rings (SSSR count). The number of alkyl halides is 3. The highest BCUT2D eigenvalue weighted by atomic mass is 32.2. The summed E-state index contributed by atoms with van der Waals surface area (Å²) in [6.45, 7) is 3.21. The van der Waals surface area contributed by atoms with Gasteiger partial charge in [-0.25, -0.2) is 0 Å². The van der Waals surface area contributed by atoms with E-state index in [1.165, 1.54) is 0 Å². The molecule has 1 aromatic rings. The molecule has 7 nitrogen and oxygen atoms in total. The first-order valence-electron chi connectivity index (χ1n) is 6.90. The van der Waals surface area contributed by atoms with Crippen LogP contribution in [0.25, 0.3) is 0 Å². The lowest BCUT2D eigenvalue weighted by Gasteiger charge is -2.17. The van der Waals surface area contributed by atoms with E-state index in [-0.39, 0.29) is 12.5 Å². The summed E-state index contributed by atoms with van der Waals surface area (Å²) in [5.41, 5.74) is -1.51. The summed E-state index contributed by atoms with van der Waals surface area (Å²) in [7, 11) is -8.53. The van der Waals surface area contributed by atoms with Crippen LogP contribution in [0.15, 0.2) is 23.1 Å². The Bertz CT molecular complexity index is 746. The van der Waals surface area contributed by atoms with E-state index in [0.717, 1.165) is 19.2 Å². The van der Waals surface area contributed by atoms with Crippen LogP contribution in [0, 0.1) is 5.92 Å². The lowest BCUT2D eigenvalue weighted by Crippen LogP contribution is -2.17. The third-order valence-corrected chi connectivity index (χ3v) is 5.27. The van der Waals surface area contributed by atoms with Gasteiger partial charge >= 0.3 is 23.9 Å². The Balaban J connectivity index is 3.17. The molecule has 0 aliphatic carbocycles. The lowest BCUT2D eigenvalue weighted by molar-refractivity contribution is -0.140. The summed E-state index contributed by atoms with van der Waals surface area (Å²) < 4.78 is 88.9. The quantitative estimate of drug-likeness (QED) is 0.523. The molecule has 0 spiro atoms. The average molecular weight is 406 g/mol. The van der Waals surface area contributed by atoms with Gasteiger partial charge in [-0.05, 0) is 18.1 Å². The molecule has 0 saturated heterocycles. The van der Waals surface area contributed by atoms with Crippen molar-refractivity contribution in [2.75, 3.05) is 20.1 Å². The Hall–Kier alpha value is -1.13. The molecule has 1 N–H and O–H groups in total. The highest BCUT2D eigenvalue weighted by Gasteiger charge is 2.40. The maximum atomic E-state index is 13.1. The first-order valence-corrected chi connectivity index (χ1v) is 10.1. The Kier molecular flexibility index (Phi) is 7.05. The van der Waals surface area contributed by atoms with Crippen molar-refractivity contribution in [3.63, 3.8) is 0 Å². The van der Waals surface area contributed by atoms with Crippen molar-refractivity contribution in [3.05, 3.63) is 23.8 Å². The number of halogens is 3. The van der Waals surface area contributed by atoms with Gasteiger partial charge in [-0.1, -0.05) is 19.9 Å². The smallest absolute Gasteiger partial charge is 0.417 e. The van der Waals surface area contributed by atoms with Crippen LogP contribution in [0.2, 0.25) is 0 Å². The standard InChI is InChI=1S/C13H18F3O7PS/c1-9(2)7-22-24(17,18)8-23-25(19,20)12-10(13(14,15)16)5-4-6-11(12)21-3/h4-6,9H,7-8H2,1-3H3,(H,17,18). The van der Waals surface area contributed by atoms with Gasteiger partial charge in [0.25, 0.3) is 0 Å².